The van der Waals surface area contributed by atoms with Gasteiger partial charge in [0.2, 0.25) is 0 Å². The molecule has 1 N–H and O–H groups in total. The van der Waals surface area contributed by atoms with Crippen LogP contribution in [0.1, 0.15) is 10.4 Å². The molecule has 0 spiro atoms. The van der Waals surface area contributed by atoms with Gasteiger partial charge in [0.15, 0.2) is 0 Å². The van der Waals surface area contributed by atoms with E-state index in [2.05, 4.69) is 35.0 Å². The summed E-state index contributed by atoms with van der Waals surface area (Å²) >= 11 is 3.34. The number of benzene rings is 3. The summed E-state index contributed by atoms with van der Waals surface area (Å²) in [4.78, 5) is 17.3. The number of amides is 1. The summed E-state index contributed by atoms with van der Waals surface area (Å²) in [6.07, 6.45) is 0. The van der Waals surface area contributed by atoms with E-state index in [1.54, 1.807) is 22.7 Å². The van der Waals surface area contributed by atoms with Crippen molar-refractivity contribution in [1.29, 1.82) is 0 Å². The molecular formula is C24H18N2O2S2. The molecule has 0 aliphatic rings. The topological polar surface area (TPSA) is 51.2 Å². The number of fused-ring (bicyclic) bond motifs is 2. The number of rotatable bonds is 6. The quantitative estimate of drug-likeness (QED) is 0.337. The lowest BCUT2D eigenvalue weighted by Crippen LogP contribution is -2.28. The van der Waals surface area contributed by atoms with Gasteiger partial charge >= 0.3 is 0 Å². The van der Waals surface area contributed by atoms with Crippen LogP contribution in [0.3, 0.4) is 0 Å². The first-order valence-electron chi connectivity index (χ1n) is 9.61. The zero-order chi connectivity index (χ0) is 20.3. The molecule has 0 saturated heterocycles. The highest BCUT2D eigenvalue weighted by Crippen LogP contribution is 2.38. The third kappa shape index (κ3) is 3.79. The number of para-hydroxylation sites is 1. The fourth-order valence-electron chi connectivity index (χ4n) is 3.28. The molecule has 6 heteroatoms. The number of nitrogens with one attached hydrogen (secondary N) is 1. The number of thiophene rings is 1. The number of hydrogen-bond acceptors (Lipinski definition) is 5. The van der Waals surface area contributed by atoms with Gasteiger partial charge in [-0.25, -0.2) is 4.98 Å². The maximum atomic E-state index is 12.5. The maximum Gasteiger partial charge on any atom is 0.251 e. The third-order valence-corrected chi connectivity index (χ3v) is 6.78. The van der Waals surface area contributed by atoms with Crippen LogP contribution in [-0.2, 0) is 0 Å². The fraction of sp³-hybridized carbons (Fsp3) is 0.0833. The van der Waals surface area contributed by atoms with Gasteiger partial charge in [-0.15, -0.1) is 22.7 Å². The van der Waals surface area contributed by atoms with Gasteiger partial charge in [-0.05, 0) is 36.4 Å². The molecule has 5 aromatic rings. The molecule has 3 aromatic carbocycles. The second-order valence-electron chi connectivity index (χ2n) is 6.76. The summed E-state index contributed by atoms with van der Waals surface area (Å²) in [5.74, 6) is 0.691. The van der Waals surface area contributed by atoms with E-state index in [1.165, 1.54) is 10.1 Å². The Hall–Kier alpha value is -3.22. The highest BCUT2D eigenvalue weighted by molar-refractivity contribution is 7.22. The normalized spacial score (nSPS) is 11.1. The molecule has 2 aromatic heterocycles. The number of carbonyl (C=O) groups excluding carboxylic acids is 1. The summed E-state index contributed by atoms with van der Waals surface area (Å²) < 4.78 is 7.88. The zero-order valence-corrected chi connectivity index (χ0v) is 17.6. The molecule has 0 fully saturated rings. The van der Waals surface area contributed by atoms with Crippen molar-refractivity contribution in [2.45, 2.75) is 0 Å². The van der Waals surface area contributed by atoms with E-state index in [4.69, 9.17) is 9.72 Å². The Bertz CT molecular complexity index is 1330. The van der Waals surface area contributed by atoms with Crippen LogP contribution in [0.15, 0.2) is 78.2 Å². The van der Waals surface area contributed by atoms with E-state index in [9.17, 15) is 4.79 Å². The molecule has 148 valence electrons. The van der Waals surface area contributed by atoms with E-state index in [0.29, 0.717) is 18.7 Å². The maximum absolute atomic E-state index is 12.5. The lowest BCUT2D eigenvalue weighted by molar-refractivity contribution is 0.0947. The number of carbonyl (C=O) groups is 1. The van der Waals surface area contributed by atoms with Crippen molar-refractivity contribution in [2.24, 2.45) is 0 Å². The highest BCUT2D eigenvalue weighted by atomic mass is 32.1. The number of nitrogens with zero attached hydrogens (tertiary/aromatic N) is 1. The third-order valence-electron chi connectivity index (χ3n) is 4.76. The largest absolute Gasteiger partial charge is 0.492 e. The molecule has 30 heavy (non-hydrogen) atoms. The molecule has 0 aliphatic carbocycles. The number of aromatic nitrogens is 1. The van der Waals surface area contributed by atoms with E-state index < -0.39 is 0 Å². The van der Waals surface area contributed by atoms with E-state index in [1.807, 2.05) is 48.5 Å². The Morgan fingerprint density at radius 1 is 0.967 bits per heavy atom. The fourth-order valence-corrected chi connectivity index (χ4v) is 5.33. The molecule has 0 bridgehead atoms. The van der Waals surface area contributed by atoms with Crippen LogP contribution in [0.2, 0.25) is 0 Å². The lowest BCUT2D eigenvalue weighted by atomic mass is 10.2. The molecule has 0 unspecified atom stereocenters. The minimum atomic E-state index is -0.107. The second kappa shape index (κ2) is 8.26. The minimum Gasteiger partial charge on any atom is -0.492 e. The minimum absolute atomic E-state index is 0.107. The highest BCUT2D eigenvalue weighted by Gasteiger charge is 2.13. The van der Waals surface area contributed by atoms with Gasteiger partial charge in [0, 0.05) is 26.6 Å². The second-order valence-corrected chi connectivity index (χ2v) is 8.71. The van der Waals surface area contributed by atoms with Gasteiger partial charge < -0.3 is 10.1 Å². The standard InChI is InChI=1S/C24H18N2O2S2/c27-23(25-12-13-28-17-6-2-1-3-7-17)16-10-11-20-22(14-16)30-24(26-20)19-15-29-21-9-5-4-8-18(19)21/h1-11,14-15H,12-13H2,(H,25,27). The lowest BCUT2D eigenvalue weighted by Gasteiger charge is -2.07. The smallest absolute Gasteiger partial charge is 0.251 e. The predicted octanol–water partition coefficient (Wildman–Crippen LogP) is 5.99. The summed E-state index contributed by atoms with van der Waals surface area (Å²) in [6, 6.07) is 23.6. The van der Waals surface area contributed by atoms with E-state index >= 15 is 0 Å². The van der Waals surface area contributed by atoms with Crippen molar-refractivity contribution >= 4 is 48.9 Å². The average molecular weight is 431 g/mol. The van der Waals surface area contributed by atoms with Gasteiger partial charge in [0.1, 0.15) is 17.4 Å². The van der Waals surface area contributed by atoms with Crippen LogP contribution >= 0.6 is 22.7 Å². The van der Waals surface area contributed by atoms with Crippen molar-refractivity contribution in [3.8, 4) is 16.3 Å². The number of hydrogen-bond donors (Lipinski definition) is 1. The van der Waals surface area contributed by atoms with Gasteiger partial charge in [-0.2, -0.15) is 0 Å². The van der Waals surface area contributed by atoms with Gasteiger partial charge in [-0.1, -0.05) is 36.4 Å². The monoisotopic (exact) mass is 430 g/mol. The van der Waals surface area contributed by atoms with Crippen molar-refractivity contribution in [1.82, 2.24) is 10.3 Å². The van der Waals surface area contributed by atoms with Gasteiger partial charge in [0.05, 0.1) is 16.8 Å². The van der Waals surface area contributed by atoms with Crippen LogP contribution in [-0.4, -0.2) is 24.0 Å². The van der Waals surface area contributed by atoms with Crippen molar-refractivity contribution < 1.29 is 9.53 Å². The van der Waals surface area contributed by atoms with Crippen molar-refractivity contribution in [3.63, 3.8) is 0 Å². The Labute approximate surface area is 181 Å². The first-order valence-corrected chi connectivity index (χ1v) is 11.3. The SMILES string of the molecule is O=C(NCCOc1ccccc1)c1ccc2nc(-c3csc4ccccc34)sc2c1. The average Bonchev–Trinajstić information content (AvgIpc) is 3.40. The predicted molar refractivity (Wildman–Crippen MR) is 125 cm³/mol. The van der Waals surface area contributed by atoms with Crippen LogP contribution < -0.4 is 10.1 Å². The Balaban J connectivity index is 1.29. The molecule has 0 atom stereocenters. The van der Waals surface area contributed by atoms with E-state index in [0.717, 1.165) is 26.5 Å². The summed E-state index contributed by atoms with van der Waals surface area (Å²) in [5, 5.41) is 7.27. The molecular weight excluding hydrogens is 412 g/mol. The van der Waals surface area contributed by atoms with Crippen LogP contribution in [0, 0.1) is 0 Å². The Kier molecular flexibility index (Phi) is 5.17. The molecule has 2 heterocycles. The Morgan fingerprint density at radius 3 is 2.70 bits per heavy atom. The molecule has 0 saturated carbocycles. The molecule has 4 nitrogen and oxygen atoms in total. The summed E-state index contributed by atoms with van der Waals surface area (Å²) in [7, 11) is 0. The first-order chi connectivity index (χ1) is 14.8. The van der Waals surface area contributed by atoms with Crippen LogP contribution in [0.25, 0.3) is 30.9 Å². The van der Waals surface area contributed by atoms with E-state index in [-0.39, 0.29) is 5.91 Å². The van der Waals surface area contributed by atoms with Crippen LogP contribution in [0.5, 0.6) is 5.75 Å². The molecule has 0 radical (unpaired) electrons. The Morgan fingerprint density at radius 2 is 1.80 bits per heavy atom. The molecule has 1 amide bonds. The van der Waals surface area contributed by atoms with Crippen LogP contribution in [0.4, 0.5) is 0 Å². The van der Waals surface area contributed by atoms with Crippen molar-refractivity contribution in [2.75, 3.05) is 13.2 Å². The first kappa shape index (κ1) is 18.8. The zero-order valence-electron chi connectivity index (χ0n) is 16.0. The van der Waals surface area contributed by atoms with Crippen molar-refractivity contribution in [3.05, 3.63) is 83.7 Å². The van der Waals surface area contributed by atoms with Gasteiger partial charge in [0.25, 0.3) is 5.91 Å². The summed E-state index contributed by atoms with van der Waals surface area (Å²) in [5.41, 5.74) is 2.70. The number of ether oxygens (including phenoxy) is 1. The summed E-state index contributed by atoms with van der Waals surface area (Å²) in [6.45, 7) is 0.870. The number of thiazole rings is 1. The molecule has 0 aliphatic heterocycles. The van der Waals surface area contributed by atoms with Gasteiger partial charge in [-0.3, -0.25) is 4.79 Å². The molecule has 5 rings (SSSR count).